The van der Waals surface area contributed by atoms with Crippen LogP contribution in [0.25, 0.3) is 0 Å². The highest BCUT2D eigenvalue weighted by atomic mass is 32.2. The van der Waals surface area contributed by atoms with E-state index in [-0.39, 0.29) is 11.5 Å². The summed E-state index contributed by atoms with van der Waals surface area (Å²) < 4.78 is 23.1. The van der Waals surface area contributed by atoms with Gasteiger partial charge in [-0.2, -0.15) is 0 Å². The third-order valence-corrected chi connectivity index (χ3v) is 5.58. The minimum Gasteiger partial charge on any atom is -0.369 e. The minimum atomic E-state index is -2.86. The molecule has 0 spiro atoms. The predicted octanol–water partition coefficient (Wildman–Crippen LogP) is 1.94. The molecule has 0 saturated heterocycles. The van der Waals surface area contributed by atoms with Crippen LogP contribution in [-0.2, 0) is 16.4 Å². The fraction of sp³-hybridized carbons (Fsp3) is 0.600. The lowest BCUT2D eigenvalue weighted by Crippen LogP contribution is -2.28. The molecule has 0 radical (unpaired) electrons. The number of sulfone groups is 1. The van der Waals surface area contributed by atoms with Crippen LogP contribution in [0.2, 0.25) is 0 Å². The number of nitrogens with zero attached hydrogens (tertiary/aromatic N) is 1. The normalized spacial score (nSPS) is 15.3. The molecular weight excluding hydrogens is 272 g/mol. The molecule has 0 aromatic heterocycles. The maximum atomic E-state index is 11.6. The molecule has 2 rings (SSSR count). The molecule has 0 amide bonds. The number of rotatable bonds is 8. The van der Waals surface area contributed by atoms with Crippen LogP contribution in [0.3, 0.4) is 0 Å². The Labute approximate surface area is 121 Å². The van der Waals surface area contributed by atoms with Crippen molar-refractivity contribution in [3.8, 4) is 0 Å². The molecule has 112 valence electrons. The van der Waals surface area contributed by atoms with Crippen LogP contribution in [0.5, 0.6) is 0 Å². The summed E-state index contributed by atoms with van der Waals surface area (Å²) in [4.78, 5) is 2.34. The monoisotopic (exact) mass is 296 g/mol. The Kier molecular flexibility index (Phi) is 5.05. The van der Waals surface area contributed by atoms with Crippen molar-refractivity contribution in [1.82, 2.24) is 0 Å². The number of benzene rings is 1. The van der Waals surface area contributed by atoms with Gasteiger partial charge >= 0.3 is 0 Å². The Hall–Kier alpha value is -1.07. The molecule has 1 aromatic rings. The molecule has 2 N–H and O–H groups in total. The Balaban J connectivity index is 1.96. The Morgan fingerprint density at radius 2 is 1.90 bits per heavy atom. The third kappa shape index (κ3) is 4.21. The molecule has 1 aliphatic carbocycles. The van der Waals surface area contributed by atoms with Crippen LogP contribution in [0.4, 0.5) is 5.69 Å². The highest BCUT2D eigenvalue weighted by Crippen LogP contribution is 2.31. The maximum Gasteiger partial charge on any atom is 0.150 e. The molecule has 1 fully saturated rings. The van der Waals surface area contributed by atoms with Crippen LogP contribution >= 0.6 is 0 Å². The minimum absolute atomic E-state index is 0.238. The summed E-state index contributed by atoms with van der Waals surface area (Å²) in [5, 5.41) is 0. The van der Waals surface area contributed by atoms with Crippen LogP contribution in [0.1, 0.15) is 31.7 Å². The molecule has 1 saturated carbocycles. The highest BCUT2D eigenvalue weighted by Gasteiger charge is 2.29. The van der Waals surface area contributed by atoms with Gasteiger partial charge in [0.25, 0.3) is 0 Å². The zero-order valence-corrected chi connectivity index (χ0v) is 12.9. The molecule has 0 heterocycles. The first kappa shape index (κ1) is 15.3. The van der Waals surface area contributed by atoms with Gasteiger partial charge in [-0.15, -0.1) is 0 Å². The maximum absolute atomic E-state index is 11.6. The summed E-state index contributed by atoms with van der Waals surface area (Å²) in [6.45, 7) is 3.07. The van der Waals surface area contributed by atoms with E-state index in [1.165, 1.54) is 18.5 Å². The summed E-state index contributed by atoms with van der Waals surface area (Å²) in [5.74, 6) is 0.523. The SMILES string of the molecule is CCS(=O)(=O)CCCN(c1ccc(CN)cc1)C1CC1. The molecule has 0 unspecified atom stereocenters. The van der Waals surface area contributed by atoms with Crippen molar-refractivity contribution in [2.75, 3.05) is 23.0 Å². The summed E-state index contributed by atoms with van der Waals surface area (Å²) in [7, 11) is -2.86. The number of anilines is 1. The fourth-order valence-corrected chi connectivity index (χ4v) is 3.19. The molecular formula is C15H24N2O2S. The molecule has 5 heteroatoms. The average Bonchev–Trinajstić information content (AvgIpc) is 3.28. The zero-order valence-electron chi connectivity index (χ0n) is 12.1. The van der Waals surface area contributed by atoms with Crippen molar-refractivity contribution in [2.45, 2.75) is 38.8 Å². The first-order valence-corrected chi connectivity index (χ1v) is 9.14. The van der Waals surface area contributed by atoms with E-state index >= 15 is 0 Å². The van der Waals surface area contributed by atoms with E-state index in [1.807, 2.05) is 12.1 Å². The number of hydrogen-bond acceptors (Lipinski definition) is 4. The Morgan fingerprint density at radius 1 is 1.25 bits per heavy atom. The molecule has 1 aliphatic rings. The van der Waals surface area contributed by atoms with E-state index in [4.69, 9.17) is 5.73 Å². The van der Waals surface area contributed by atoms with Gasteiger partial charge in [-0.3, -0.25) is 0 Å². The van der Waals surface area contributed by atoms with Gasteiger partial charge in [0.1, 0.15) is 9.84 Å². The lowest BCUT2D eigenvalue weighted by Gasteiger charge is -2.25. The van der Waals surface area contributed by atoms with E-state index in [0.717, 1.165) is 12.1 Å². The van der Waals surface area contributed by atoms with Crippen molar-refractivity contribution in [1.29, 1.82) is 0 Å². The molecule has 4 nitrogen and oxygen atoms in total. The topological polar surface area (TPSA) is 63.4 Å². The van der Waals surface area contributed by atoms with Crippen LogP contribution in [0.15, 0.2) is 24.3 Å². The van der Waals surface area contributed by atoms with Gasteiger partial charge in [0.2, 0.25) is 0 Å². The summed E-state index contributed by atoms with van der Waals surface area (Å²) >= 11 is 0. The molecule has 0 atom stereocenters. The van der Waals surface area contributed by atoms with Gasteiger partial charge in [-0.25, -0.2) is 8.42 Å². The van der Waals surface area contributed by atoms with Crippen molar-refractivity contribution < 1.29 is 8.42 Å². The first-order valence-electron chi connectivity index (χ1n) is 7.32. The second kappa shape index (κ2) is 6.59. The van der Waals surface area contributed by atoms with E-state index in [2.05, 4.69) is 17.0 Å². The third-order valence-electron chi connectivity index (χ3n) is 3.79. The van der Waals surface area contributed by atoms with E-state index < -0.39 is 9.84 Å². The Bertz CT molecular complexity index is 521. The highest BCUT2D eigenvalue weighted by molar-refractivity contribution is 7.91. The molecule has 1 aromatic carbocycles. The van der Waals surface area contributed by atoms with Crippen molar-refractivity contribution >= 4 is 15.5 Å². The number of nitrogens with two attached hydrogens (primary N) is 1. The molecule has 20 heavy (non-hydrogen) atoms. The standard InChI is InChI=1S/C15H24N2O2S/c1-2-20(18,19)11-3-10-17(15-8-9-15)14-6-4-13(12-16)5-7-14/h4-7,15H,2-3,8-12,16H2,1H3. The quantitative estimate of drug-likeness (QED) is 0.796. The first-order chi connectivity index (χ1) is 9.55. The van der Waals surface area contributed by atoms with Crippen molar-refractivity contribution in [3.63, 3.8) is 0 Å². The zero-order chi connectivity index (χ0) is 14.6. The second-order valence-electron chi connectivity index (χ2n) is 5.39. The van der Waals surface area contributed by atoms with Crippen LogP contribution in [-0.4, -0.2) is 32.5 Å². The molecule has 0 bridgehead atoms. The van der Waals surface area contributed by atoms with E-state index in [9.17, 15) is 8.42 Å². The number of hydrogen-bond donors (Lipinski definition) is 1. The van der Waals surface area contributed by atoms with Gasteiger partial charge in [-0.1, -0.05) is 19.1 Å². The smallest absolute Gasteiger partial charge is 0.150 e. The van der Waals surface area contributed by atoms with Gasteiger partial charge in [-0.05, 0) is 37.0 Å². The van der Waals surface area contributed by atoms with Crippen LogP contribution in [0, 0.1) is 0 Å². The average molecular weight is 296 g/mol. The van der Waals surface area contributed by atoms with Gasteiger partial charge in [0.15, 0.2) is 0 Å². The summed E-state index contributed by atoms with van der Waals surface area (Å²) in [5.41, 5.74) is 7.91. The van der Waals surface area contributed by atoms with Gasteiger partial charge in [0.05, 0.1) is 5.75 Å². The van der Waals surface area contributed by atoms with Crippen molar-refractivity contribution in [3.05, 3.63) is 29.8 Å². The predicted molar refractivity (Wildman–Crippen MR) is 83.6 cm³/mol. The molecule has 0 aliphatic heterocycles. The van der Waals surface area contributed by atoms with E-state index in [1.54, 1.807) is 6.92 Å². The van der Waals surface area contributed by atoms with Crippen molar-refractivity contribution in [2.24, 2.45) is 5.73 Å². The lowest BCUT2D eigenvalue weighted by molar-refractivity contribution is 0.593. The summed E-state index contributed by atoms with van der Waals surface area (Å²) in [6.07, 6.45) is 3.11. The Morgan fingerprint density at radius 3 is 2.40 bits per heavy atom. The van der Waals surface area contributed by atoms with Gasteiger partial charge in [0, 0.05) is 30.6 Å². The van der Waals surface area contributed by atoms with Crippen LogP contribution < -0.4 is 10.6 Å². The lowest BCUT2D eigenvalue weighted by atomic mass is 10.2. The fourth-order valence-electron chi connectivity index (χ4n) is 2.33. The van der Waals surface area contributed by atoms with Gasteiger partial charge < -0.3 is 10.6 Å². The second-order valence-corrected chi connectivity index (χ2v) is 7.86. The van der Waals surface area contributed by atoms with E-state index in [0.29, 0.717) is 19.0 Å². The summed E-state index contributed by atoms with van der Waals surface area (Å²) in [6, 6.07) is 8.87. The largest absolute Gasteiger partial charge is 0.369 e.